The number of anilines is 1. The summed E-state index contributed by atoms with van der Waals surface area (Å²) in [7, 11) is 0. The van der Waals surface area contributed by atoms with Crippen LogP contribution in [0, 0.1) is 0 Å². The number of para-hydroxylation sites is 1. The molecule has 152 valence electrons. The van der Waals surface area contributed by atoms with Crippen molar-refractivity contribution in [2.24, 2.45) is 4.99 Å². The third-order valence-electron chi connectivity index (χ3n) is 4.67. The van der Waals surface area contributed by atoms with Gasteiger partial charge in [-0.1, -0.05) is 18.2 Å². The van der Waals surface area contributed by atoms with E-state index in [0.29, 0.717) is 0 Å². The van der Waals surface area contributed by atoms with Crippen molar-refractivity contribution in [3.8, 4) is 0 Å². The molecule has 7 heteroatoms. The highest BCUT2D eigenvalue weighted by molar-refractivity contribution is 5.80. The number of aliphatic imine (C=N–C) groups is 1. The average Bonchev–Trinajstić information content (AvgIpc) is 2.74. The summed E-state index contributed by atoms with van der Waals surface area (Å²) in [5.41, 5.74) is 1.01. The van der Waals surface area contributed by atoms with Crippen LogP contribution in [0.3, 0.4) is 0 Å². The van der Waals surface area contributed by atoms with E-state index in [1.807, 2.05) is 24.3 Å². The first kappa shape index (κ1) is 20.4. The Morgan fingerprint density at radius 1 is 1.11 bits per heavy atom. The summed E-state index contributed by atoms with van der Waals surface area (Å²) in [4.78, 5) is 11.8. The number of nitrogens with one attached hydrogen (secondary N) is 3. The molecule has 1 fully saturated rings. The van der Waals surface area contributed by atoms with Gasteiger partial charge in [-0.2, -0.15) is 0 Å². The van der Waals surface area contributed by atoms with Gasteiger partial charge in [-0.05, 0) is 31.5 Å². The average molecular weight is 385 g/mol. The van der Waals surface area contributed by atoms with Crippen molar-refractivity contribution >= 4 is 22.7 Å². The summed E-state index contributed by atoms with van der Waals surface area (Å²) in [6, 6.07) is 12.3. The molecule has 28 heavy (non-hydrogen) atoms. The zero-order valence-corrected chi connectivity index (χ0v) is 16.8. The Balaban J connectivity index is 1.37. The molecule has 1 aromatic heterocycles. The summed E-state index contributed by atoms with van der Waals surface area (Å²) in [6.07, 6.45) is 1.07. The van der Waals surface area contributed by atoms with E-state index >= 15 is 0 Å². The van der Waals surface area contributed by atoms with E-state index in [2.05, 4.69) is 49.9 Å². The number of pyridine rings is 1. The lowest BCUT2D eigenvalue weighted by molar-refractivity contribution is 0.0377. The lowest BCUT2D eigenvalue weighted by Gasteiger charge is -2.26. The molecule has 7 nitrogen and oxygen atoms in total. The molecule has 0 bridgehead atoms. The maximum atomic E-state index is 5.38. The van der Waals surface area contributed by atoms with E-state index in [0.717, 1.165) is 88.1 Å². The number of nitrogens with zero attached hydrogens (tertiary/aromatic N) is 3. The van der Waals surface area contributed by atoms with E-state index < -0.39 is 0 Å². The first-order valence-corrected chi connectivity index (χ1v) is 10.3. The molecule has 1 saturated heterocycles. The van der Waals surface area contributed by atoms with E-state index in [1.54, 1.807) is 0 Å². The highest BCUT2D eigenvalue weighted by Gasteiger charge is 2.09. The maximum absolute atomic E-state index is 5.38. The van der Waals surface area contributed by atoms with Gasteiger partial charge in [0.1, 0.15) is 5.82 Å². The minimum absolute atomic E-state index is 0.781. The predicted molar refractivity (Wildman–Crippen MR) is 116 cm³/mol. The van der Waals surface area contributed by atoms with Crippen molar-refractivity contribution in [2.75, 3.05) is 64.3 Å². The van der Waals surface area contributed by atoms with Crippen LogP contribution in [0.2, 0.25) is 0 Å². The number of morpholine rings is 1. The number of aromatic nitrogens is 1. The van der Waals surface area contributed by atoms with Crippen LogP contribution in [0.1, 0.15) is 13.3 Å². The summed E-state index contributed by atoms with van der Waals surface area (Å²) in [5, 5.41) is 11.2. The third kappa shape index (κ3) is 6.65. The quantitative estimate of drug-likeness (QED) is 0.349. The van der Waals surface area contributed by atoms with Gasteiger partial charge in [-0.3, -0.25) is 9.89 Å². The largest absolute Gasteiger partial charge is 0.379 e. The van der Waals surface area contributed by atoms with E-state index in [4.69, 9.17) is 4.74 Å². The number of rotatable bonds is 9. The summed E-state index contributed by atoms with van der Waals surface area (Å²) < 4.78 is 5.38. The zero-order chi connectivity index (χ0) is 19.4. The number of hydrogen-bond acceptors (Lipinski definition) is 5. The predicted octanol–water partition coefficient (Wildman–Crippen LogP) is 1.92. The van der Waals surface area contributed by atoms with Gasteiger partial charge >= 0.3 is 0 Å². The molecule has 0 radical (unpaired) electrons. The number of hydrogen-bond donors (Lipinski definition) is 3. The molecule has 0 saturated carbocycles. The number of benzene rings is 1. The SMILES string of the molecule is CCNC(=NCCCN1CCOCC1)NCCNc1ccc2ccccc2n1. The Kier molecular flexibility index (Phi) is 8.33. The molecular formula is C21H32N6O. The van der Waals surface area contributed by atoms with Gasteiger partial charge in [-0.15, -0.1) is 0 Å². The third-order valence-corrected chi connectivity index (χ3v) is 4.67. The van der Waals surface area contributed by atoms with Gasteiger partial charge in [0.15, 0.2) is 5.96 Å². The van der Waals surface area contributed by atoms with Crippen LogP contribution >= 0.6 is 0 Å². The highest BCUT2D eigenvalue weighted by Crippen LogP contribution is 2.14. The highest BCUT2D eigenvalue weighted by atomic mass is 16.5. The molecule has 0 atom stereocenters. The molecule has 1 aromatic carbocycles. The van der Waals surface area contributed by atoms with Gasteiger partial charge in [-0.25, -0.2) is 4.98 Å². The second kappa shape index (κ2) is 11.5. The number of fused-ring (bicyclic) bond motifs is 1. The van der Waals surface area contributed by atoms with Crippen LogP contribution in [0.5, 0.6) is 0 Å². The molecule has 3 N–H and O–H groups in total. The van der Waals surface area contributed by atoms with Crippen LogP contribution < -0.4 is 16.0 Å². The van der Waals surface area contributed by atoms with Crippen molar-refractivity contribution in [3.05, 3.63) is 36.4 Å². The molecule has 1 aliphatic heterocycles. The Labute approximate surface area is 167 Å². The van der Waals surface area contributed by atoms with Crippen LogP contribution in [0.25, 0.3) is 10.9 Å². The molecule has 3 rings (SSSR count). The molecular weight excluding hydrogens is 352 g/mol. The van der Waals surface area contributed by atoms with Crippen LogP contribution in [0.15, 0.2) is 41.4 Å². The lowest BCUT2D eigenvalue weighted by Crippen LogP contribution is -2.40. The molecule has 0 aliphatic carbocycles. The fraction of sp³-hybridized carbons (Fsp3) is 0.524. The minimum Gasteiger partial charge on any atom is -0.379 e. The monoisotopic (exact) mass is 384 g/mol. The molecule has 0 unspecified atom stereocenters. The molecule has 2 aromatic rings. The van der Waals surface area contributed by atoms with Gasteiger partial charge in [0.25, 0.3) is 0 Å². The van der Waals surface area contributed by atoms with Gasteiger partial charge < -0.3 is 20.7 Å². The normalized spacial score (nSPS) is 15.5. The zero-order valence-electron chi connectivity index (χ0n) is 16.8. The molecule has 1 aliphatic rings. The Morgan fingerprint density at radius 2 is 1.96 bits per heavy atom. The van der Waals surface area contributed by atoms with Gasteiger partial charge in [0.05, 0.1) is 18.7 Å². The first-order chi connectivity index (χ1) is 13.8. The summed E-state index contributed by atoms with van der Waals surface area (Å²) >= 11 is 0. The van der Waals surface area contributed by atoms with E-state index in [1.165, 1.54) is 0 Å². The maximum Gasteiger partial charge on any atom is 0.191 e. The Bertz CT molecular complexity index is 745. The lowest BCUT2D eigenvalue weighted by atomic mass is 10.2. The van der Waals surface area contributed by atoms with Crippen LogP contribution in [-0.4, -0.2) is 74.9 Å². The standard InChI is InChI=1S/C21H32N6O/c1-2-22-21(24-10-5-13-27-14-16-28-17-15-27)25-12-11-23-20-9-8-18-6-3-4-7-19(18)26-20/h3-4,6-9H,2,5,10-17H2,1H3,(H,23,26)(H2,22,24,25). The first-order valence-electron chi connectivity index (χ1n) is 10.3. The van der Waals surface area contributed by atoms with Crippen molar-refractivity contribution in [1.82, 2.24) is 20.5 Å². The van der Waals surface area contributed by atoms with E-state index in [9.17, 15) is 0 Å². The molecule has 2 heterocycles. The fourth-order valence-electron chi connectivity index (χ4n) is 3.19. The second-order valence-corrected chi connectivity index (χ2v) is 6.81. The molecule has 0 spiro atoms. The summed E-state index contributed by atoms with van der Waals surface area (Å²) in [5.74, 6) is 1.77. The molecule has 0 amide bonds. The van der Waals surface area contributed by atoms with Gasteiger partial charge in [0.2, 0.25) is 0 Å². The minimum atomic E-state index is 0.781. The van der Waals surface area contributed by atoms with Crippen LogP contribution in [0.4, 0.5) is 5.82 Å². The second-order valence-electron chi connectivity index (χ2n) is 6.81. The van der Waals surface area contributed by atoms with Crippen molar-refractivity contribution in [1.29, 1.82) is 0 Å². The summed E-state index contributed by atoms with van der Waals surface area (Å²) in [6.45, 7) is 10.2. The van der Waals surface area contributed by atoms with E-state index in [-0.39, 0.29) is 0 Å². The van der Waals surface area contributed by atoms with Gasteiger partial charge in [0, 0.05) is 51.2 Å². The van der Waals surface area contributed by atoms with Crippen molar-refractivity contribution < 1.29 is 4.74 Å². The Morgan fingerprint density at radius 3 is 2.82 bits per heavy atom. The Hall–Kier alpha value is -2.38. The van der Waals surface area contributed by atoms with Crippen molar-refractivity contribution in [3.63, 3.8) is 0 Å². The topological polar surface area (TPSA) is 73.8 Å². The van der Waals surface area contributed by atoms with Crippen LogP contribution in [-0.2, 0) is 4.74 Å². The van der Waals surface area contributed by atoms with Crippen molar-refractivity contribution in [2.45, 2.75) is 13.3 Å². The number of guanidine groups is 1. The smallest absolute Gasteiger partial charge is 0.191 e. The fourth-order valence-corrected chi connectivity index (χ4v) is 3.19. The number of ether oxygens (including phenoxy) is 1.